The highest BCUT2D eigenvalue weighted by Crippen LogP contribution is 2.24. The minimum Gasteiger partial charge on any atom is -0.348 e. The number of hydrogen-bond donors (Lipinski definition) is 1. The van der Waals surface area contributed by atoms with E-state index in [0.29, 0.717) is 0 Å². The zero-order chi connectivity index (χ0) is 9.19. The van der Waals surface area contributed by atoms with Crippen molar-refractivity contribution in [3.63, 3.8) is 0 Å². The molecule has 0 aliphatic rings. The van der Waals surface area contributed by atoms with Gasteiger partial charge in [-0.1, -0.05) is 26.8 Å². The van der Waals surface area contributed by atoms with Crippen molar-refractivity contribution in [3.05, 3.63) is 30.4 Å². The molecule has 2 nitrogen and oxygen atoms in total. The summed E-state index contributed by atoms with van der Waals surface area (Å²) in [4.78, 5) is 7.41. The number of nitrogens with zero attached hydrogens (tertiary/aromatic N) is 1. The van der Waals surface area contributed by atoms with Crippen LogP contribution in [0.25, 0.3) is 0 Å². The molecular formula is C10H16N2. The molecule has 12 heavy (non-hydrogen) atoms. The molecule has 0 aliphatic carbocycles. The van der Waals surface area contributed by atoms with E-state index in [9.17, 15) is 0 Å². The quantitative estimate of drug-likeness (QED) is 0.683. The van der Waals surface area contributed by atoms with Crippen LogP contribution in [0.3, 0.4) is 0 Å². The molecule has 1 aromatic rings. The number of nitrogens with one attached hydrogen (secondary N) is 1. The topological polar surface area (TPSA) is 28.7 Å². The first-order chi connectivity index (χ1) is 5.61. The summed E-state index contributed by atoms with van der Waals surface area (Å²) < 4.78 is 0. The van der Waals surface area contributed by atoms with E-state index in [1.54, 1.807) is 6.33 Å². The van der Waals surface area contributed by atoms with E-state index >= 15 is 0 Å². The first kappa shape index (κ1) is 9.04. The van der Waals surface area contributed by atoms with Crippen molar-refractivity contribution in [2.75, 3.05) is 0 Å². The van der Waals surface area contributed by atoms with E-state index in [2.05, 4.69) is 37.3 Å². The lowest BCUT2D eigenvalue weighted by Crippen LogP contribution is -2.15. The van der Waals surface area contributed by atoms with Crippen molar-refractivity contribution in [2.45, 2.75) is 32.6 Å². The summed E-state index contributed by atoms with van der Waals surface area (Å²) in [6.45, 7) is 10.2. The van der Waals surface area contributed by atoms with Crippen molar-refractivity contribution < 1.29 is 0 Å². The molecule has 1 N–H and O–H groups in total. The fourth-order valence-electron chi connectivity index (χ4n) is 1.25. The molecule has 1 heterocycles. The maximum atomic E-state index is 4.25. The van der Waals surface area contributed by atoms with Crippen LogP contribution < -0.4 is 0 Å². The Morgan fingerprint density at radius 1 is 1.67 bits per heavy atom. The van der Waals surface area contributed by atoms with Crippen LogP contribution in [0.5, 0.6) is 0 Å². The van der Waals surface area contributed by atoms with Gasteiger partial charge in [0.05, 0.1) is 12.0 Å². The van der Waals surface area contributed by atoms with Gasteiger partial charge in [0.15, 0.2) is 0 Å². The largest absolute Gasteiger partial charge is 0.348 e. The van der Waals surface area contributed by atoms with Gasteiger partial charge in [0, 0.05) is 11.1 Å². The number of H-pyrrole nitrogens is 1. The molecule has 0 aliphatic heterocycles. The molecule has 0 aromatic carbocycles. The summed E-state index contributed by atoms with van der Waals surface area (Å²) in [5.41, 5.74) is 2.32. The summed E-state index contributed by atoms with van der Waals surface area (Å²) in [7, 11) is 0. The number of allylic oxidation sites excluding steroid dienone is 1. The molecule has 2 heteroatoms. The molecule has 0 saturated carbocycles. The third-order valence-corrected chi connectivity index (χ3v) is 2.21. The molecule has 0 amide bonds. The Morgan fingerprint density at radius 3 is 2.83 bits per heavy atom. The third kappa shape index (κ3) is 1.42. The number of imidazole rings is 1. The lowest BCUT2D eigenvalue weighted by Gasteiger charge is -2.19. The Morgan fingerprint density at radius 2 is 2.33 bits per heavy atom. The summed E-state index contributed by atoms with van der Waals surface area (Å²) in [6.07, 6.45) is 4.66. The third-order valence-electron chi connectivity index (χ3n) is 2.21. The van der Waals surface area contributed by atoms with Gasteiger partial charge in [-0.2, -0.15) is 0 Å². The monoisotopic (exact) mass is 164 g/mol. The minimum absolute atomic E-state index is 0.00183. The zero-order valence-electron chi connectivity index (χ0n) is 8.02. The SMILES string of the molecule is C=CC(C)(C)c1[nH]cnc1CC. The average molecular weight is 164 g/mol. The van der Waals surface area contributed by atoms with Gasteiger partial charge in [0.2, 0.25) is 0 Å². The zero-order valence-corrected chi connectivity index (χ0v) is 8.02. The summed E-state index contributed by atoms with van der Waals surface area (Å²) in [5.74, 6) is 0. The highest BCUT2D eigenvalue weighted by Gasteiger charge is 2.20. The van der Waals surface area contributed by atoms with Crippen molar-refractivity contribution in [2.24, 2.45) is 0 Å². The van der Waals surface area contributed by atoms with Crippen LogP contribution in [0.1, 0.15) is 32.2 Å². The van der Waals surface area contributed by atoms with Gasteiger partial charge in [0.1, 0.15) is 0 Å². The molecular weight excluding hydrogens is 148 g/mol. The number of hydrogen-bond acceptors (Lipinski definition) is 1. The van der Waals surface area contributed by atoms with Crippen LogP contribution in [0, 0.1) is 0 Å². The summed E-state index contributed by atoms with van der Waals surface area (Å²) in [5, 5.41) is 0. The van der Waals surface area contributed by atoms with Crippen LogP contribution in [-0.2, 0) is 11.8 Å². The normalized spacial score (nSPS) is 11.6. The van der Waals surface area contributed by atoms with E-state index in [1.165, 1.54) is 5.69 Å². The molecule has 1 rings (SSSR count). The van der Waals surface area contributed by atoms with Gasteiger partial charge in [-0.25, -0.2) is 4.98 Å². The van der Waals surface area contributed by atoms with Crippen molar-refractivity contribution in [3.8, 4) is 0 Å². The van der Waals surface area contributed by atoms with Gasteiger partial charge in [-0.05, 0) is 6.42 Å². The van der Waals surface area contributed by atoms with Crippen LogP contribution in [0.15, 0.2) is 19.0 Å². The molecule has 0 saturated heterocycles. The second-order valence-electron chi connectivity index (χ2n) is 3.50. The van der Waals surface area contributed by atoms with E-state index in [4.69, 9.17) is 0 Å². The lowest BCUT2D eigenvalue weighted by molar-refractivity contribution is 0.640. The Bertz CT molecular complexity index is 271. The Labute approximate surface area is 73.7 Å². The Balaban J connectivity index is 3.08. The van der Waals surface area contributed by atoms with Crippen LogP contribution in [0.4, 0.5) is 0 Å². The molecule has 0 spiro atoms. The first-order valence-electron chi connectivity index (χ1n) is 4.28. The van der Waals surface area contributed by atoms with E-state index < -0.39 is 0 Å². The van der Waals surface area contributed by atoms with Crippen molar-refractivity contribution in [1.82, 2.24) is 9.97 Å². The maximum Gasteiger partial charge on any atom is 0.0925 e. The lowest BCUT2D eigenvalue weighted by atomic mass is 9.88. The van der Waals surface area contributed by atoms with Gasteiger partial charge in [-0.3, -0.25) is 0 Å². The van der Waals surface area contributed by atoms with Gasteiger partial charge in [-0.15, -0.1) is 6.58 Å². The molecule has 0 fully saturated rings. The summed E-state index contributed by atoms with van der Waals surface area (Å²) in [6, 6.07) is 0. The van der Waals surface area contributed by atoms with Crippen molar-refractivity contribution >= 4 is 0 Å². The molecule has 0 bridgehead atoms. The smallest absolute Gasteiger partial charge is 0.0925 e. The maximum absolute atomic E-state index is 4.25. The second-order valence-corrected chi connectivity index (χ2v) is 3.50. The molecule has 66 valence electrons. The summed E-state index contributed by atoms with van der Waals surface area (Å²) >= 11 is 0. The van der Waals surface area contributed by atoms with E-state index in [0.717, 1.165) is 12.1 Å². The highest BCUT2D eigenvalue weighted by atomic mass is 14.9. The molecule has 1 aromatic heterocycles. The number of rotatable bonds is 3. The van der Waals surface area contributed by atoms with Crippen LogP contribution in [-0.4, -0.2) is 9.97 Å². The van der Waals surface area contributed by atoms with Crippen molar-refractivity contribution in [1.29, 1.82) is 0 Å². The Hall–Kier alpha value is -1.05. The van der Waals surface area contributed by atoms with Crippen LogP contribution >= 0.6 is 0 Å². The van der Waals surface area contributed by atoms with E-state index in [1.807, 2.05) is 6.08 Å². The Kier molecular flexibility index (Phi) is 2.36. The molecule has 0 atom stereocenters. The second kappa shape index (κ2) is 3.13. The first-order valence-corrected chi connectivity index (χ1v) is 4.28. The van der Waals surface area contributed by atoms with Gasteiger partial charge < -0.3 is 4.98 Å². The number of aromatic amines is 1. The molecule has 0 radical (unpaired) electrons. The van der Waals surface area contributed by atoms with Gasteiger partial charge in [0.25, 0.3) is 0 Å². The number of aryl methyl sites for hydroxylation is 1. The van der Waals surface area contributed by atoms with Crippen LogP contribution in [0.2, 0.25) is 0 Å². The predicted molar refractivity (Wildman–Crippen MR) is 51.2 cm³/mol. The fraction of sp³-hybridized carbons (Fsp3) is 0.500. The predicted octanol–water partition coefficient (Wildman–Crippen LogP) is 2.44. The highest BCUT2D eigenvalue weighted by molar-refractivity contribution is 5.25. The fourth-order valence-corrected chi connectivity index (χ4v) is 1.25. The average Bonchev–Trinajstić information content (AvgIpc) is 2.52. The molecule has 0 unspecified atom stereocenters. The van der Waals surface area contributed by atoms with E-state index in [-0.39, 0.29) is 5.41 Å². The number of aromatic nitrogens is 2. The van der Waals surface area contributed by atoms with Gasteiger partial charge >= 0.3 is 0 Å². The standard InChI is InChI=1S/C10H16N2/c1-5-8-9(12-7-11-8)10(3,4)6-2/h6-7H,2,5H2,1,3-4H3,(H,11,12). The minimum atomic E-state index is 0.00183.